The highest BCUT2D eigenvalue weighted by molar-refractivity contribution is 5.92. The fraction of sp³-hybridized carbons (Fsp3) is 0.667. The second-order valence-electron chi connectivity index (χ2n) is 7.26. The predicted octanol–water partition coefficient (Wildman–Crippen LogP) is 2.37. The molecular weight excluding hydrogens is 290 g/mol. The molecule has 1 aromatic rings. The van der Waals surface area contributed by atoms with Crippen molar-refractivity contribution in [2.75, 3.05) is 26.2 Å². The number of aromatic nitrogens is 1. The second kappa shape index (κ2) is 6.87. The Hall–Kier alpha value is -1.62. The summed E-state index contributed by atoms with van der Waals surface area (Å²) in [5, 5.41) is 9.34. The van der Waals surface area contributed by atoms with Crippen molar-refractivity contribution in [3.63, 3.8) is 0 Å². The molecule has 126 valence electrons. The zero-order chi connectivity index (χ0) is 16.4. The van der Waals surface area contributed by atoms with Gasteiger partial charge in [0.1, 0.15) is 11.4 Å². The van der Waals surface area contributed by atoms with Crippen LogP contribution in [0.4, 0.5) is 0 Å². The topological polar surface area (TPSA) is 56.7 Å². The number of carbonyl (C=O) groups is 1. The molecule has 1 aliphatic carbocycles. The molecule has 23 heavy (non-hydrogen) atoms. The van der Waals surface area contributed by atoms with Gasteiger partial charge in [0.2, 0.25) is 0 Å². The van der Waals surface area contributed by atoms with E-state index in [1.54, 1.807) is 6.07 Å². The zero-order valence-corrected chi connectivity index (χ0v) is 14.1. The van der Waals surface area contributed by atoms with E-state index in [1.807, 2.05) is 4.90 Å². The van der Waals surface area contributed by atoms with Crippen LogP contribution >= 0.6 is 0 Å². The Morgan fingerprint density at radius 3 is 2.74 bits per heavy atom. The third-order valence-corrected chi connectivity index (χ3v) is 4.96. The molecule has 1 aromatic heterocycles. The molecule has 0 bridgehead atoms. The van der Waals surface area contributed by atoms with E-state index >= 15 is 0 Å². The molecule has 1 amide bonds. The van der Waals surface area contributed by atoms with Gasteiger partial charge in [0.15, 0.2) is 0 Å². The van der Waals surface area contributed by atoms with Crippen LogP contribution in [0.3, 0.4) is 0 Å². The molecule has 5 heteroatoms. The van der Waals surface area contributed by atoms with E-state index in [4.69, 9.17) is 0 Å². The van der Waals surface area contributed by atoms with Crippen LogP contribution in [-0.2, 0) is 0 Å². The molecule has 2 heterocycles. The lowest BCUT2D eigenvalue weighted by Crippen LogP contribution is -2.46. The zero-order valence-electron chi connectivity index (χ0n) is 14.1. The Bertz CT molecular complexity index is 540. The number of hydrogen-bond donors (Lipinski definition) is 1. The summed E-state index contributed by atoms with van der Waals surface area (Å²) in [7, 11) is 0. The smallest absolute Gasteiger partial charge is 0.272 e. The van der Waals surface area contributed by atoms with Crippen LogP contribution in [0.15, 0.2) is 18.3 Å². The minimum Gasteiger partial charge on any atom is -0.506 e. The number of carbonyl (C=O) groups excluding carboxylic acids is 1. The highest BCUT2D eigenvalue weighted by Gasteiger charge is 2.33. The predicted molar refractivity (Wildman–Crippen MR) is 89.3 cm³/mol. The molecule has 0 spiro atoms. The van der Waals surface area contributed by atoms with Gasteiger partial charge in [0.25, 0.3) is 5.91 Å². The maximum absolute atomic E-state index is 12.7. The van der Waals surface area contributed by atoms with Crippen molar-refractivity contribution in [1.29, 1.82) is 0 Å². The van der Waals surface area contributed by atoms with E-state index < -0.39 is 0 Å². The maximum atomic E-state index is 12.7. The van der Waals surface area contributed by atoms with Crippen molar-refractivity contribution in [3.8, 4) is 5.75 Å². The minimum atomic E-state index is -0.0241. The normalized spacial score (nSPS) is 23.1. The molecule has 2 fully saturated rings. The number of pyridine rings is 1. The summed E-state index contributed by atoms with van der Waals surface area (Å²) in [6, 6.07) is 3.55. The van der Waals surface area contributed by atoms with Gasteiger partial charge in [-0.3, -0.25) is 9.69 Å². The van der Waals surface area contributed by atoms with E-state index in [1.165, 1.54) is 31.6 Å². The molecule has 3 rings (SSSR count). The molecule has 1 atom stereocenters. The van der Waals surface area contributed by atoms with Gasteiger partial charge in [-0.05, 0) is 43.2 Å². The average molecular weight is 317 g/mol. The monoisotopic (exact) mass is 317 g/mol. The summed E-state index contributed by atoms with van der Waals surface area (Å²) < 4.78 is 0. The number of rotatable bonds is 4. The molecule has 1 saturated carbocycles. The van der Waals surface area contributed by atoms with Gasteiger partial charge >= 0.3 is 0 Å². The molecule has 1 aliphatic heterocycles. The van der Waals surface area contributed by atoms with Gasteiger partial charge in [-0.25, -0.2) is 4.98 Å². The van der Waals surface area contributed by atoms with E-state index in [0.717, 1.165) is 32.0 Å². The quantitative estimate of drug-likeness (QED) is 0.926. The first-order chi connectivity index (χ1) is 11.0. The Kier molecular flexibility index (Phi) is 4.85. The average Bonchev–Trinajstić information content (AvgIpc) is 3.34. The highest BCUT2D eigenvalue weighted by atomic mass is 16.3. The molecule has 5 nitrogen and oxygen atoms in total. The van der Waals surface area contributed by atoms with Crippen LogP contribution in [0.1, 0.15) is 43.6 Å². The molecule has 2 aliphatic rings. The number of aromatic hydroxyl groups is 1. The van der Waals surface area contributed by atoms with Gasteiger partial charge in [-0.2, -0.15) is 0 Å². The molecule has 0 radical (unpaired) electrons. The Morgan fingerprint density at radius 2 is 2.13 bits per heavy atom. The van der Waals surface area contributed by atoms with Gasteiger partial charge < -0.3 is 10.0 Å². The van der Waals surface area contributed by atoms with Gasteiger partial charge in [-0.1, -0.05) is 13.8 Å². The molecule has 0 aromatic carbocycles. The van der Waals surface area contributed by atoms with Crippen molar-refractivity contribution >= 4 is 5.91 Å². The van der Waals surface area contributed by atoms with Crippen molar-refractivity contribution < 1.29 is 9.90 Å². The van der Waals surface area contributed by atoms with Gasteiger partial charge in [0, 0.05) is 32.2 Å². The van der Waals surface area contributed by atoms with E-state index in [0.29, 0.717) is 17.7 Å². The van der Waals surface area contributed by atoms with Gasteiger partial charge in [0.05, 0.1) is 6.20 Å². The summed E-state index contributed by atoms with van der Waals surface area (Å²) in [5.74, 6) is 1.46. The third-order valence-electron chi connectivity index (χ3n) is 4.96. The van der Waals surface area contributed by atoms with Crippen molar-refractivity contribution in [2.24, 2.45) is 11.8 Å². The van der Waals surface area contributed by atoms with Crippen LogP contribution in [0.25, 0.3) is 0 Å². The summed E-state index contributed by atoms with van der Waals surface area (Å²) in [5.41, 5.74) is 0.418. The standard InChI is InChI=1S/C18H27N3O2/c1-13(2)17-12-21(9-3-8-20(17)11-14-4-5-14)18(23)16-7-6-15(22)10-19-16/h6-7,10,13-14,17,22H,3-5,8-9,11-12H2,1-2H3/t17-/m0/s1. The SMILES string of the molecule is CC(C)[C@@H]1CN(C(=O)c2ccc(O)cn2)CCCN1CC1CC1. The maximum Gasteiger partial charge on any atom is 0.272 e. The van der Waals surface area contributed by atoms with Crippen molar-refractivity contribution in [1.82, 2.24) is 14.8 Å². The molecule has 1 saturated heterocycles. The first kappa shape index (κ1) is 16.2. The number of amides is 1. The van der Waals surface area contributed by atoms with Crippen LogP contribution in [-0.4, -0.2) is 58.0 Å². The van der Waals surface area contributed by atoms with Crippen molar-refractivity contribution in [3.05, 3.63) is 24.0 Å². The van der Waals surface area contributed by atoms with E-state index in [-0.39, 0.29) is 11.7 Å². The second-order valence-corrected chi connectivity index (χ2v) is 7.26. The summed E-state index contributed by atoms with van der Waals surface area (Å²) in [6.45, 7) is 8.31. The van der Waals surface area contributed by atoms with Crippen LogP contribution < -0.4 is 0 Å². The minimum absolute atomic E-state index is 0.0241. The summed E-state index contributed by atoms with van der Waals surface area (Å²) >= 11 is 0. The first-order valence-electron chi connectivity index (χ1n) is 8.73. The fourth-order valence-corrected chi connectivity index (χ4v) is 3.41. The fourth-order valence-electron chi connectivity index (χ4n) is 3.41. The van der Waals surface area contributed by atoms with Crippen LogP contribution in [0.5, 0.6) is 5.75 Å². The van der Waals surface area contributed by atoms with E-state index in [2.05, 4.69) is 23.7 Å². The third kappa shape index (κ3) is 4.02. The van der Waals surface area contributed by atoms with Crippen molar-refractivity contribution in [2.45, 2.75) is 39.2 Å². The summed E-state index contributed by atoms with van der Waals surface area (Å²) in [6.07, 6.45) is 5.08. The highest BCUT2D eigenvalue weighted by Crippen LogP contribution is 2.32. The van der Waals surface area contributed by atoms with Crippen LogP contribution in [0, 0.1) is 11.8 Å². The number of hydrogen-bond acceptors (Lipinski definition) is 4. The van der Waals surface area contributed by atoms with Gasteiger partial charge in [-0.15, -0.1) is 0 Å². The Morgan fingerprint density at radius 1 is 1.35 bits per heavy atom. The first-order valence-corrected chi connectivity index (χ1v) is 8.73. The Labute approximate surface area is 138 Å². The molecule has 0 unspecified atom stereocenters. The molecular formula is C18H27N3O2. The lowest BCUT2D eigenvalue weighted by molar-refractivity contribution is 0.0698. The van der Waals surface area contributed by atoms with Crippen LogP contribution in [0.2, 0.25) is 0 Å². The molecule has 1 N–H and O–H groups in total. The largest absolute Gasteiger partial charge is 0.506 e. The van der Waals surface area contributed by atoms with E-state index in [9.17, 15) is 9.90 Å². The lowest BCUT2D eigenvalue weighted by Gasteiger charge is -2.34. The number of nitrogens with zero attached hydrogens (tertiary/aromatic N) is 3. The lowest BCUT2D eigenvalue weighted by atomic mass is 10.0. The Balaban J connectivity index is 1.72. The summed E-state index contributed by atoms with van der Waals surface area (Å²) in [4.78, 5) is 21.4.